The van der Waals surface area contributed by atoms with E-state index in [0.29, 0.717) is 10.1 Å². The maximum absolute atomic E-state index is 11.7. The molecule has 1 N–H and O–H groups in total. The fourth-order valence-electron chi connectivity index (χ4n) is 1.41. The van der Waals surface area contributed by atoms with Crippen molar-refractivity contribution >= 4 is 28.1 Å². The van der Waals surface area contributed by atoms with Crippen molar-refractivity contribution in [2.45, 2.75) is 13.5 Å². The van der Waals surface area contributed by atoms with Crippen LogP contribution in [-0.4, -0.2) is 25.6 Å². The maximum atomic E-state index is 11.7. The molecule has 0 saturated carbocycles. The number of aryl methyl sites for hydroxylation is 1. The summed E-state index contributed by atoms with van der Waals surface area (Å²) < 4.78 is 0.960. The second kappa shape index (κ2) is 5.57. The standard InChI is InChI=1S/C10H9N5O4S/c1-6-12-13-10(20-6)11-8(16)5-14-4-7(15(18)19)2-3-9(14)17/h2-4H,5H2,1H3,(H,11,13,16). The molecule has 0 aliphatic rings. The van der Waals surface area contributed by atoms with Gasteiger partial charge in [-0.3, -0.25) is 29.6 Å². The first-order valence-corrected chi connectivity index (χ1v) is 6.22. The molecule has 2 rings (SSSR count). The number of carbonyl (C=O) groups is 1. The largest absolute Gasteiger partial charge is 0.299 e. The smallest absolute Gasteiger partial charge is 0.285 e. The number of carbonyl (C=O) groups excluding carboxylic acids is 1. The lowest BCUT2D eigenvalue weighted by Crippen LogP contribution is -2.26. The van der Waals surface area contributed by atoms with Crippen LogP contribution in [0.25, 0.3) is 0 Å². The van der Waals surface area contributed by atoms with Gasteiger partial charge in [0.25, 0.3) is 11.2 Å². The summed E-state index contributed by atoms with van der Waals surface area (Å²) >= 11 is 1.19. The van der Waals surface area contributed by atoms with E-state index in [0.717, 1.165) is 22.9 Å². The van der Waals surface area contributed by atoms with Crippen molar-refractivity contribution < 1.29 is 9.72 Å². The van der Waals surface area contributed by atoms with E-state index in [1.165, 1.54) is 11.3 Å². The van der Waals surface area contributed by atoms with Crippen LogP contribution in [-0.2, 0) is 11.3 Å². The minimum absolute atomic E-state index is 0.260. The van der Waals surface area contributed by atoms with Crippen LogP contribution in [0.4, 0.5) is 10.8 Å². The van der Waals surface area contributed by atoms with E-state index >= 15 is 0 Å². The summed E-state index contributed by atoms with van der Waals surface area (Å²) in [6, 6.07) is 2.13. The summed E-state index contributed by atoms with van der Waals surface area (Å²) in [5.41, 5.74) is -0.761. The summed E-state index contributed by atoms with van der Waals surface area (Å²) in [5.74, 6) is -0.510. The molecule has 0 saturated heterocycles. The number of nitrogens with zero attached hydrogens (tertiary/aromatic N) is 4. The summed E-state index contributed by atoms with van der Waals surface area (Å²) in [6.07, 6.45) is 1.02. The van der Waals surface area contributed by atoms with Gasteiger partial charge in [0.15, 0.2) is 0 Å². The Morgan fingerprint density at radius 2 is 2.25 bits per heavy atom. The van der Waals surface area contributed by atoms with E-state index in [2.05, 4.69) is 15.5 Å². The average molecular weight is 295 g/mol. The van der Waals surface area contributed by atoms with Gasteiger partial charge in [-0.25, -0.2) is 0 Å². The molecule has 2 aromatic rings. The monoisotopic (exact) mass is 295 g/mol. The predicted octanol–water partition coefficient (Wildman–Crippen LogP) is 0.555. The molecule has 2 heterocycles. The summed E-state index contributed by atoms with van der Waals surface area (Å²) in [5, 5.41) is 21.5. The molecule has 0 unspecified atom stereocenters. The van der Waals surface area contributed by atoms with Gasteiger partial charge in [0.05, 0.1) is 11.1 Å². The third-order valence-electron chi connectivity index (χ3n) is 2.27. The fourth-order valence-corrected chi connectivity index (χ4v) is 2.02. The lowest BCUT2D eigenvalue weighted by Gasteiger charge is -2.04. The molecule has 0 bridgehead atoms. The average Bonchev–Trinajstić information content (AvgIpc) is 2.77. The molecule has 0 fully saturated rings. The second-order valence-electron chi connectivity index (χ2n) is 3.78. The molecule has 20 heavy (non-hydrogen) atoms. The zero-order valence-electron chi connectivity index (χ0n) is 10.3. The molecule has 0 aliphatic heterocycles. The molecule has 10 heteroatoms. The van der Waals surface area contributed by atoms with E-state index in [-0.39, 0.29) is 12.2 Å². The molecule has 0 radical (unpaired) electrons. The Balaban J connectivity index is 2.13. The normalized spacial score (nSPS) is 10.2. The van der Waals surface area contributed by atoms with Gasteiger partial charge in [0.1, 0.15) is 11.6 Å². The van der Waals surface area contributed by atoms with Crippen LogP contribution in [0.5, 0.6) is 0 Å². The summed E-state index contributed by atoms with van der Waals surface area (Å²) in [4.78, 5) is 33.2. The summed E-state index contributed by atoms with van der Waals surface area (Å²) in [6.45, 7) is 1.40. The highest BCUT2D eigenvalue weighted by atomic mass is 32.1. The quantitative estimate of drug-likeness (QED) is 0.649. The minimum atomic E-state index is -0.637. The Morgan fingerprint density at radius 1 is 1.50 bits per heavy atom. The van der Waals surface area contributed by atoms with Crippen LogP contribution in [0.15, 0.2) is 23.1 Å². The number of rotatable bonds is 4. The number of nitrogens with one attached hydrogen (secondary N) is 1. The van der Waals surface area contributed by atoms with Gasteiger partial charge in [-0.1, -0.05) is 11.3 Å². The van der Waals surface area contributed by atoms with Crippen LogP contribution in [0.2, 0.25) is 0 Å². The molecular weight excluding hydrogens is 286 g/mol. The zero-order valence-corrected chi connectivity index (χ0v) is 11.1. The Kier molecular flexibility index (Phi) is 3.84. The van der Waals surface area contributed by atoms with Crippen LogP contribution in [0, 0.1) is 17.0 Å². The minimum Gasteiger partial charge on any atom is -0.299 e. The van der Waals surface area contributed by atoms with Gasteiger partial charge in [0, 0.05) is 12.1 Å². The maximum Gasteiger partial charge on any atom is 0.285 e. The number of pyridine rings is 1. The highest BCUT2D eigenvalue weighted by Gasteiger charge is 2.12. The SMILES string of the molecule is Cc1nnc(NC(=O)Cn2cc([N+](=O)[O-])ccc2=O)s1. The molecule has 0 atom stereocenters. The first kappa shape index (κ1) is 13.8. The molecular formula is C10H9N5O4S. The van der Waals surface area contributed by atoms with Crippen molar-refractivity contribution in [3.05, 3.63) is 43.8 Å². The predicted molar refractivity (Wildman–Crippen MR) is 70.6 cm³/mol. The summed E-state index contributed by atoms with van der Waals surface area (Å²) in [7, 11) is 0. The second-order valence-corrected chi connectivity index (χ2v) is 4.97. The molecule has 0 aromatic carbocycles. The topological polar surface area (TPSA) is 120 Å². The van der Waals surface area contributed by atoms with Crippen LogP contribution >= 0.6 is 11.3 Å². The first-order chi connectivity index (χ1) is 9.45. The van der Waals surface area contributed by atoms with Gasteiger partial charge in [-0.05, 0) is 6.92 Å². The number of amides is 1. The van der Waals surface area contributed by atoms with Crippen LogP contribution in [0.3, 0.4) is 0 Å². The van der Waals surface area contributed by atoms with E-state index in [9.17, 15) is 19.7 Å². The number of nitro groups is 1. The van der Waals surface area contributed by atoms with Crippen molar-refractivity contribution in [1.29, 1.82) is 0 Å². The molecule has 0 aliphatic carbocycles. The van der Waals surface area contributed by atoms with Crippen molar-refractivity contribution in [2.24, 2.45) is 0 Å². The molecule has 2 aromatic heterocycles. The number of anilines is 1. The number of aromatic nitrogens is 3. The van der Waals surface area contributed by atoms with Crippen molar-refractivity contribution in [2.75, 3.05) is 5.32 Å². The van der Waals surface area contributed by atoms with Gasteiger partial charge in [-0.15, -0.1) is 10.2 Å². The highest BCUT2D eigenvalue weighted by molar-refractivity contribution is 7.15. The lowest BCUT2D eigenvalue weighted by atomic mass is 10.4. The Morgan fingerprint density at radius 3 is 2.85 bits per heavy atom. The van der Waals surface area contributed by atoms with E-state index in [1.807, 2.05) is 0 Å². The third kappa shape index (κ3) is 3.23. The van der Waals surface area contributed by atoms with E-state index < -0.39 is 16.4 Å². The van der Waals surface area contributed by atoms with Gasteiger partial charge < -0.3 is 0 Å². The first-order valence-electron chi connectivity index (χ1n) is 5.40. The Hall–Kier alpha value is -2.62. The van der Waals surface area contributed by atoms with Gasteiger partial charge >= 0.3 is 0 Å². The van der Waals surface area contributed by atoms with Gasteiger partial charge in [0.2, 0.25) is 11.0 Å². The Bertz CT molecular complexity index is 722. The highest BCUT2D eigenvalue weighted by Crippen LogP contribution is 2.13. The zero-order chi connectivity index (χ0) is 14.7. The Labute approximate surface area is 116 Å². The van der Waals surface area contributed by atoms with E-state index in [1.54, 1.807) is 6.92 Å². The lowest BCUT2D eigenvalue weighted by molar-refractivity contribution is -0.385. The molecule has 0 spiro atoms. The van der Waals surface area contributed by atoms with Crippen molar-refractivity contribution in [3.8, 4) is 0 Å². The molecule has 1 amide bonds. The van der Waals surface area contributed by atoms with Crippen LogP contribution in [0.1, 0.15) is 5.01 Å². The van der Waals surface area contributed by atoms with E-state index in [4.69, 9.17) is 0 Å². The van der Waals surface area contributed by atoms with Gasteiger partial charge in [-0.2, -0.15) is 0 Å². The van der Waals surface area contributed by atoms with Crippen molar-refractivity contribution in [3.63, 3.8) is 0 Å². The number of hydrogen-bond donors (Lipinski definition) is 1. The number of hydrogen-bond acceptors (Lipinski definition) is 7. The van der Waals surface area contributed by atoms with Crippen molar-refractivity contribution in [1.82, 2.24) is 14.8 Å². The van der Waals surface area contributed by atoms with Crippen LogP contribution < -0.4 is 10.9 Å². The molecule has 104 valence electrons. The molecule has 9 nitrogen and oxygen atoms in total. The third-order valence-corrected chi connectivity index (χ3v) is 3.02. The fraction of sp³-hybridized carbons (Fsp3) is 0.200.